The van der Waals surface area contributed by atoms with Gasteiger partial charge in [-0.3, -0.25) is 0 Å². The minimum Gasteiger partial charge on any atom is -0.507 e. The van der Waals surface area contributed by atoms with E-state index in [4.69, 9.17) is 10.5 Å². The second-order valence-corrected chi connectivity index (χ2v) is 3.04. The number of hydrogen-bond acceptors (Lipinski definition) is 3. The van der Waals surface area contributed by atoms with Gasteiger partial charge in [-0.15, -0.1) is 0 Å². The van der Waals surface area contributed by atoms with Crippen LogP contribution in [0.4, 0.5) is 0 Å². The van der Waals surface area contributed by atoms with E-state index >= 15 is 0 Å². The van der Waals surface area contributed by atoms with Crippen molar-refractivity contribution >= 4 is 6.08 Å². The van der Waals surface area contributed by atoms with Crippen molar-refractivity contribution in [3.63, 3.8) is 0 Å². The number of ether oxygens (including phenoxy) is 1. The maximum Gasteiger partial charge on any atom is 0.135 e. The van der Waals surface area contributed by atoms with Crippen molar-refractivity contribution in [1.82, 2.24) is 0 Å². The van der Waals surface area contributed by atoms with Gasteiger partial charge in [0.05, 0.1) is 11.6 Å². The lowest BCUT2D eigenvalue weighted by molar-refractivity contribution is 0.332. The number of aromatic hydroxyl groups is 1. The van der Waals surface area contributed by atoms with Gasteiger partial charge < -0.3 is 15.6 Å². The van der Waals surface area contributed by atoms with Gasteiger partial charge in [-0.1, -0.05) is 12.7 Å². The largest absolute Gasteiger partial charge is 0.507 e. The van der Waals surface area contributed by atoms with E-state index in [9.17, 15) is 5.11 Å². The van der Waals surface area contributed by atoms with Crippen molar-refractivity contribution in [3.05, 3.63) is 29.8 Å². The summed E-state index contributed by atoms with van der Waals surface area (Å²) < 4.78 is 5.36. The zero-order valence-corrected chi connectivity index (χ0v) is 7.16. The molecule has 0 unspecified atom stereocenters. The summed E-state index contributed by atoms with van der Waals surface area (Å²) in [6.07, 6.45) is 1.69. The van der Waals surface area contributed by atoms with Crippen LogP contribution >= 0.6 is 0 Å². The molecule has 1 aromatic carbocycles. The summed E-state index contributed by atoms with van der Waals surface area (Å²) in [4.78, 5) is 0. The van der Waals surface area contributed by atoms with E-state index in [1.165, 1.54) is 0 Å². The van der Waals surface area contributed by atoms with Crippen LogP contribution in [-0.2, 0) is 0 Å². The van der Waals surface area contributed by atoms with Crippen molar-refractivity contribution in [2.75, 3.05) is 6.61 Å². The van der Waals surface area contributed by atoms with Crippen LogP contribution in [0.15, 0.2) is 18.7 Å². The highest BCUT2D eigenvalue weighted by atomic mass is 16.5. The number of benzene rings is 1. The number of phenols is 1. The smallest absolute Gasteiger partial charge is 0.135 e. The Balaban J connectivity index is 2.65. The SMILES string of the molecule is C=Cc1ccc(O)c2c1OC[C@H]2N. The van der Waals surface area contributed by atoms with Gasteiger partial charge >= 0.3 is 0 Å². The van der Waals surface area contributed by atoms with Gasteiger partial charge in [0.15, 0.2) is 0 Å². The zero-order valence-electron chi connectivity index (χ0n) is 7.16. The van der Waals surface area contributed by atoms with Crippen LogP contribution in [-0.4, -0.2) is 11.7 Å². The number of hydrogen-bond donors (Lipinski definition) is 2. The Morgan fingerprint density at radius 1 is 1.62 bits per heavy atom. The maximum atomic E-state index is 9.53. The van der Waals surface area contributed by atoms with E-state index in [-0.39, 0.29) is 11.8 Å². The summed E-state index contributed by atoms with van der Waals surface area (Å²) in [5, 5.41) is 9.53. The normalized spacial score (nSPS) is 19.3. The molecule has 13 heavy (non-hydrogen) atoms. The molecular weight excluding hydrogens is 166 g/mol. The van der Waals surface area contributed by atoms with Gasteiger partial charge in [0.2, 0.25) is 0 Å². The molecule has 1 aliphatic rings. The van der Waals surface area contributed by atoms with E-state index < -0.39 is 0 Å². The summed E-state index contributed by atoms with van der Waals surface area (Å²) >= 11 is 0. The quantitative estimate of drug-likeness (QED) is 0.682. The molecule has 1 aromatic rings. The van der Waals surface area contributed by atoms with Crippen LogP contribution in [0.3, 0.4) is 0 Å². The van der Waals surface area contributed by atoms with Crippen LogP contribution in [0.2, 0.25) is 0 Å². The van der Waals surface area contributed by atoms with E-state index in [2.05, 4.69) is 6.58 Å². The van der Waals surface area contributed by atoms with Crippen molar-refractivity contribution < 1.29 is 9.84 Å². The molecule has 1 heterocycles. The topological polar surface area (TPSA) is 55.5 Å². The third-order valence-electron chi connectivity index (χ3n) is 2.20. The lowest BCUT2D eigenvalue weighted by Crippen LogP contribution is -2.10. The van der Waals surface area contributed by atoms with Crippen LogP contribution in [0.5, 0.6) is 11.5 Å². The van der Waals surface area contributed by atoms with Crippen molar-refractivity contribution in [3.8, 4) is 11.5 Å². The molecule has 0 aromatic heterocycles. The van der Waals surface area contributed by atoms with Crippen LogP contribution < -0.4 is 10.5 Å². The molecule has 0 fully saturated rings. The predicted octanol–water partition coefficient (Wildman–Crippen LogP) is 1.43. The molecule has 0 saturated heterocycles. The van der Waals surface area contributed by atoms with Crippen molar-refractivity contribution in [2.24, 2.45) is 5.73 Å². The summed E-state index contributed by atoms with van der Waals surface area (Å²) in [5.74, 6) is 0.869. The fourth-order valence-electron chi connectivity index (χ4n) is 1.54. The standard InChI is InChI=1S/C10H11NO2/c1-2-6-3-4-8(12)9-7(11)5-13-10(6)9/h2-4,7,12H,1,5,11H2/t7-/m1/s1. The van der Waals surface area contributed by atoms with Gasteiger partial charge in [0.25, 0.3) is 0 Å². The molecule has 3 N–H and O–H groups in total. The summed E-state index contributed by atoms with van der Waals surface area (Å²) in [5.41, 5.74) is 7.32. The van der Waals surface area contributed by atoms with Gasteiger partial charge in [-0.05, 0) is 12.1 Å². The Kier molecular flexibility index (Phi) is 1.74. The first-order chi connectivity index (χ1) is 6.24. The second-order valence-electron chi connectivity index (χ2n) is 3.04. The van der Waals surface area contributed by atoms with Gasteiger partial charge in [-0.2, -0.15) is 0 Å². The Morgan fingerprint density at radius 2 is 2.38 bits per heavy atom. The number of phenolic OH excluding ortho intramolecular Hbond substituents is 1. The molecule has 68 valence electrons. The van der Waals surface area contributed by atoms with Crippen molar-refractivity contribution in [2.45, 2.75) is 6.04 Å². The monoisotopic (exact) mass is 177 g/mol. The van der Waals surface area contributed by atoms with Crippen molar-refractivity contribution in [1.29, 1.82) is 0 Å². The first-order valence-corrected chi connectivity index (χ1v) is 4.10. The molecule has 0 amide bonds. The molecule has 1 aliphatic heterocycles. The molecular formula is C10H11NO2. The molecule has 2 rings (SSSR count). The highest BCUT2D eigenvalue weighted by Gasteiger charge is 2.25. The van der Waals surface area contributed by atoms with Gasteiger partial charge in [0.1, 0.15) is 18.1 Å². The third kappa shape index (κ3) is 1.09. The maximum absolute atomic E-state index is 9.53. The number of nitrogens with two attached hydrogens (primary N) is 1. The molecule has 1 atom stereocenters. The number of fused-ring (bicyclic) bond motifs is 1. The summed E-state index contributed by atoms with van der Waals surface area (Å²) in [6.45, 7) is 4.09. The van der Waals surface area contributed by atoms with Crippen LogP contribution in [0.25, 0.3) is 6.08 Å². The predicted molar refractivity (Wildman–Crippen MR) is 50.6 cm³/mol. The molecule has 3 nitrogen and oxygen atoms in total. The van der Waals surface area contributed by atoms with E-state index in [0.29, 0.717) is 17.9 Å². The lowest BCUT2D eigenvalue weighted by Gasteiger charge is -2.05. The van der Waals surface area contributed by atoms with Crippen LogP contribution in [0, 0.1) is 0 Å². The fourth-order valence-corrected chi connectivity index (χ4v) is 1.54. The van der Waals surface area contributed by atoms with E-state index in [1.807, 2.05) is 0 Å². The Hall–Kier alpha value is -1.48. The van der Waals surface area contributed by atoms with E-state index in [0.717, 1.165) is 5.56 Å². The average molecular weight is 177 g/mol. The number of rotatable bonds is 1. The molecule has 0 bridgehead atoms. The van der Waals surface area contributed by atoms with E-state index in [1.54, 1.807) is 18.2 Å². The Morgan fingerprint density at radius 3 is 3.08 bits per heavy atom. The first kappa shape index (κ1) is 8.13. The lowest BCUT2D eigenvalue weighted by atomic mass is 10.0. The van der Waals surface area contributed by atoms with Gasteiger partial charge in [0, 0.05) is 5.56 Å². The highest BCUT2D eigenvalue weighted by Crippen LogP contribution is 2.40. The zero-order chi connectivity index (χ0) is 9.42. The van der Waals surface area contributed by atoms with Crippen LogP contribution in [0.1, 0.15) is 17.2 Å². The molecule has 0 aliphatic carbocycles. The van der Waals surface area contributed by atoms with Gasteiger partial charge in [-0.25, -0.2) is 0 Å². The summed E-state index contributed by atoms with van der Waals surface area (Å²) in [7, 11) is 0. The first-order valence-electron chi connectivity index (χ1n) is 4.10. The molecule has 0 radical (unpaired) electrons. The third-order valence-corrected chi connectivity index (χ3v) is 2.20. The summed E-state index contributed by atoms with van der Waals surface area (Å²) in [6, 6.07) is 3.15. The highest BCUT2D eigenvalue weighted by molar-refractivity contribution is 5.64. The Labute approximate surface area is 76.4 Å². The average Bonchev–Trinajstić information content (AvgIpc) is 2.50. The second kappa shape index (κ2) is 2.78. The molecule has 0 spiro atoms. The fraction of sp³-hybridized carbons (Fsp3) is 0.200. The molecule has 3 heteroatoms. The Bertz CT molecular complexity index is 360. The minimum absolute atomic E-state index is 0.200. The minimum atomic E-state index is -0.227. The molecule has 0 saturated carbocycles.